The lowest BCUT2D eigenvalue weighted by Crippen LogP contribution is -2.17. The van der Waals surface area contributed by atoms with Crippen molar-refractivity contribution >= 4 is 0 Å². The van der Waals surface area contributed by atoms with Gasteiger partial charge in [0.2, 0.25) is 5.88 Å². The lowest BCUT2D eigenvalue weighted by molar-refractivity contribution is 0.395. The Bertz CT molecular complexity index is 543. The minimum Gasteiger partial charge on any atom is -0.481 e. The van der Waals surface area contributed by atoms with Gasteiger partial charge >= 0.3 is 0 Å². The van der Waals surface area contributed by atoms with Crippen molar-refractivity contribution in [2.45, 2.75) is 6.04 Å². The summed E-state index contributed by atoms with van der Waals surface area (Å²) in [6.07, 6.45) is 1.23. The molecule has 18 heavy (non-hydrogen) atoms. The highest BCUT2D eigenvalue weighted by atomic mass is 19.1. The molecule has 1 aromatic carbocycles. The van der Waals surface area contributed by atoms with Crippen LogP contribution in [0.5, 0.6) is 5.88 Å². The van der Waals surface area contributed by atoms with Gasteiger partial charge in [-0.05, 0) is 12.1 Å². The van der Waals surface area contributed by atoms with Crippen molar-refractivity contribution in [2.75, 3.05) is 7.11 Å². The molecule has 0 radical (unpaired) electrons. The van der Waals surface area contributed by atoms with Crippen LogP contribution < -0.4 is 10.5 Å². The van der Waals surface area contributed by atoms with E-state index in [-0.39, 0.29) is 17.1 Å². The molecule has 0 aliphatic rings. The second-order valence-electron chi connectivity index (χ2n) is 3.60. The van der Waals surface area contributed by atoms with Crippen LogP contribution >= 0.6 is 0 Å². The van der Waals surface area contributed by atoms with Crippen LogP contribution in [0.2, 0.25) is 0 Å². The maximum absolute atomic E-state index is 13.6. The Hall–Kier alpha value is -2.08. The second-order valence-corrected chi connectivity index (χ2v) is 3.60. The molecule has 0 saturated heterocycles. The van der Waals surface area contributed by atoms with Crippen LogP contribution in [0.1, 0.15) is 17.3 Å². The van der Waals surface area contributed by atoms with E-state index in [1.807, 2.05) is 0 Å². The molecule has 94 valence electrons. The quantitative estimate of drug-likeness (QED) is 0.903. The first-order chi connectivity index (χ1) is 8.63. The molecule has 6 heteroatoms. The molecule has 1 heterocycles. The van der Waals surface area contributed by atoms with E-state index >= 15 is 0 Å². The van der Waals surface area contributed by atoms with Crippen molar-refractivity contribution in [1.82, 2.24) is 9.97 Å². The van der Waals surface area contributed by atoms with Gasteiger partial charge < -0.3 is 10.5 Å². The molecule has 0 spiro atoms. The van der Waals surface area contributed by atoms with Gasteiger partial charge in [-0.1, -0.05) is 6.07 Å². The zero-order chi connectivity index (χ0) is 13.1. The number of ether oxygens (including phenoxy) is 1. The van der Waals surface area contributed by atoms with Crippen molar-refractivity contribution in [3.63, 3.8) is 0 Å². The Labute approximate surface area is 102 Å². The molecular formula is C12H11F2N3O. The summed E-state index contributed by atoms with van der Waals surface area (Å²) in [5.41, 5.74) is 5.88. The molecule has 0 fully saturated rings. The lowest BCUT2D eigenvalue weighted by atomic mass is 10.0. The first-order valence-electron chi connectivity index (χ1n) is 5.19. The maximum Gasteiger partial charge on any atom is 0.216 e. The molecule has 0 saturated carbocycles. The minimum atomic E-state index is -1.01. The summed E-state index contributed by atoms with van der Waals surface area (Å²) in [5.74, 6) is -1.13. The smallest absolute Gasteiger partial charge is 0.216 e. The third-order valence-electron chi connectivity index (χ3n) is 2.50. The van der Waals surface area contributed by atoms with Gasteiger partial charge in [0.05, 0.1) is 18.8 Å². The summed E-state index contributed by atoms with van der Waals surface area (Å²) in [4.78, 5) is 7.70. The Morgan fingerprint density at radius 1 is 1.22 bits per heavy atom. The summed E-state index contributed by atoms with van der Waals surface area (Å²) < 4.78 is 32.1. The monoisotopic (exact) mass is 251 g/mol. The van der Waals surface area contributed by atoms with Crippen molar-refractivity contribution in [1.29, 1.82) is 0 Å². The van der Waals surface area contributed by atoms with Crippen LogP contribution in [0.25, 0.3) is 0 Å². The summed E-state index contributed by atoms with van der Waals surface area (Å²) in [6, 6.07) is 4.01. The van der Waals surface area contributed by atoms with Crippen LogP contribution in [0, 0.1) is 11.6 Å². The fourth-order valence-electron chi connectivity index (χ4n) is 1.59. The third kappa shape index (κ3) is 2.28. The Morgan fingerprint density at radius 3 is 2.50 bits per heavy atom. The average molecular weight is 251 g/mol. The van der Waals surface area contributed by atoms with Crippen LogP contribution in [0.15, 0.2) is 30.6 Å². The van der Waals surface area contributed by atoms with Crippen molar-refractivity contribution in [3.05, 3.63) is 53.5 Å². The highest BCUT2D eigenvalue weighted by Crippen LogP contribution is 2.24. The summed E-state index contributed by atoms with van der Waals surface area (Å²) in [5, 5.41) is 0. The van der Waals surface area contributed by atoms with E-state index in [0.29, 0.717) is 0 Å². The van der Waals surface area contributed by atoms with Gasteiger partial charge in [-0.25, -0.2) is 18.7 Å². The molecule has 0 aliphatic heterocycles. The largest absolute Gasteiger partial charge is 0.481 e. The molecule has 2 aromatic rings. The zero-order valence-corrected chi connectivity index (χ0v) is 9.60. The van der Waals surface area contributed by atoms with E-state index in [9.17, 15) is 8.78 Å². The van der Waals surface area contributed by atoms with E-state index < -0.39 is 17.7 Å². The summed E-state index contributed by atoms with van der Waals surface area (Å²) in [6.45, 7) is 0. The van der Waals surface area contributed by atoms with Crippen LogP contribution in [0.3, 0.4) is 0 Å². The first kappa shape index (κ1) is 12.4. The van der Waals surface area contributed by atoms with Gasteiger partial charge in [0.15, 0.2) is 0 Å². The number of nitrogens with two attached hydrogens (primary N) is 1. The summed E-state index contributed by atoms with van der Waals surface area (Å²) >= 11 is 0. The second kappa shape index (κ2) is 5.05. The van der Waals surface area contributed by atoms with E-state index in [0.717, 1.165) is 12.1 Å². The molecule has 0 aliphatic carbocycles. The number of hydrogen-bond acceptors (Lipinski definition) is 4. The molecular weight excluding hydrogens is 240 g/mol. The molecule has 2 N–H and O–H groups in total. The number of rotatable bonds is 3. The number of benzene rings is 1. The zero-order valence-electron chi connectivity index (χ0n) is 9.60. The molecule has 1 unspecified atom stereocenters. The van der Waals surface area contributed by atoms with Crippen LogP contribution in [-0.4, -0.2) is 17.1 Å². The topological polar surface area (TPSA) is 61.0 Å². The molecule has 1 atom stereocenters. The summed E-state index contributed by atoms with van der Waals surface area (Å²) in [7, 11) is 1.43. The lowest BCUT2D eigenvalue weighted by Gasteiger charge is -2.13. The normalized spacial score (nSPS) is 12.2. The van der Waals surface area contributed by atoms with Gasteiger partial charge in [0.1, 0.15) is 18.0 Å². The number of aromatic nitrogens is 2. The molecule has 1 aromatic heterocycles. The third-order valence-corrected chi connectivity index (χ3v) is 2.50. The van der Waals surface area contributed by atoms with Crippen LogP contribution in [0.4, 0.5) is 8.78 Å². The number of halogens is 2. The molecule has 2 rings (SSSR count). The van der Waals surface area contributed by atoms with Crippen LogP contribution in [-0.2, 0) is 0 Å². The van der Waals surface area contributed by atoms with Gasteiger partial charge in [0, 0.05) is 11.6 Å². The fourth-order valence-corrected chi connectivity index (χ4v) is 1.59. The van der Waals surface area contributed by atoms with E-state index in [1.165, 1.54) is 25.6 Å². The fraction of sp³-hybridized carbons (Fsp3) is 0.167. The van der Waals surface area contributed by atoms with E-state index in [1.54, 1.807) is 0 Å². The predicted octanol–water partition coefficient (Wildman–Crippen LogP) is 1.81. The predicted molar refractivity (Wildman–Crippen MR) is 61.0 cm³/mol. The highest BCUT2D eigenvalue weighted by Gasteiger charge is 2.19. The maximum atomic E-state index is 13.6. The number of hydrogen-bond donors (Lipinski definition) is 1. The Morgan fingerprint density at radius 2 is 1.89 bits per heavy atom. The Kier molecular flexibility index (Phi) is 3.47. The van der Waals surface area contributed by atoms with Crippen molar-refractivity contribution < 1.29 is 13.5 Å². The number of nitrogens with zero attached hydrogens (tertiary/aromatic N) is 2. The molecule has 4 nitrogen and oxygen atoms in total. The Balaban J connectivity index is 2.44. The van der Waals surface area contributed by atoms with Crippen molar-refractivity contribution in [3.8, 4) is 5.88 Å². The average Bonchev–Trinajstić information content (AvgIpc) is 2.38. The van der Waals surface area contributed by atoms with E-state index in [4.69, 9.17) is 10.5 Å². The SMILES string of the molecule is COc1cc(C(N)c2c(F)cccc2F)ncn1. The van der Waals surface area contributed by atoms with Gasteiger partial charge in [-0.2, -0.15) is 0 Å². The highest BCUT2D eigenvalue weighted by molar-refractivity contribution is 5.31. The molecule has 0 bridgehead atoms. The van der Waals surface area contributed by atoms with Crippen molar-refractivity contribution in [2.24, 2.45) is 5.73 Å². The van der Waals surface area contributed by atoms with Gasteiger partial charge in [-0.3, -0.25) is 0 Å². The number of methoxy groups -OCH3 is 1. The molecule has 0 amide bonds. The minimum absolute atomic E-state index is 0.224. The van der Waals surface area contributed by atoms with E-state index in [2.05, 4.69) is 9.97 Å². The van der Waals surface area contributed by atoms with Gasteiger partial charge in [0.25, 0.3) is 0 Å². The van der Waals surface area contributed by atoms with Gasteiger partial charge in [-0.15, -0.1) is 0 Å². The first-order valence-corrected chi connectivity index (χ1v) is 5.19. The standard InChI is InChI=1S/C12H11F2N3O/c1-18-10-5-9(16-6-17-10)12(15)11-7(13)3-2-4-8(11)14/h2-6,12H,15H2,1H3.